The Balaban J connectivity index is 1.66. The number of para-hydroxylation sites is 1. The third-order valence-electron chi connectivity index (χ3n) is 6.83. The minimum Gasteiger partial charge on any atom is -0.489 e. The van der Waals surface area contributed by atoms with Gasteiger partial charge >= 0.3 is 12.1 Å². The number of carbonyl (C=O) groups is 2. The van der Waals surface area contributed by atoms with Gasteiger partial charge in [0.2, 0.25) is 0 Å². The molecule has 0 spiro atoms. The van der Waals surface area contributed by atoms with Crippen LogP contribution in [0.5, 0.6) is 5.75 Å². The van der Waals surface area contributed by atoms with Crippen LogP contribution in [-0.4, -0.2) is 60.6 Å². The number of morpholine rings is 1. The van der Waals surface area contributed by atoms with Gasteiger partial charge in [-0.05, 0) is 55.7 Å². The molecule has 1 amide bonds. The summed E-state index contributed by atoms with van der Waals surface area (Å²) in [6, 6.07) is 16.1. The van der Waals surface area contributed by atoms with Gasteiger partial charge in [0.25, 0.3) is 0 Å². The number of hydrogen-bond acceptors (Lipinski definition) is 6. The standard InChI is InChI=1S/C33H38F2N2O6/c1-33(2,3)43-32(40)36-28(19-34)27-9-6-8-26(31(27)35)25-16-22(20-37-11-13-41-14-12-37)15-23(17-25)21-42-29-10-5-4-7-24(29)18-30(38)39/h4-10,15-17,28H,11-14,18-21H2,1-3H3,(H,36,40)(H,38,39). The minimum atomic E-state index is -1.24. The highest BCUT2D eigenvalue weighted by Gasteiger charge is 2.24. The number of amides is 1. The number of alkyl carbamates (subject to hydrolysis) is 1. The summed E-state index contributed by atoms with van der Waals surface area (Å²) in [4.78, 5) is 25.9. The van der Waals surface area contributed by atoms with Gasteiger partial charge in [-0.15, -0.1) is 0 Å². The van der Waals surface area contributed by atoms with E-state index in [9.17, 15) is 19.1 Å². The van der Waals surface area contributed by atoms with E-state index < -0.39 is 36.2 Å². The predicted octanol–water partition coefficient (Wildman–Crippen LogP) is 6.07. The molecule has 1 fully saturated rings. The molecule has 3 aromatic carbocycles. The molecule has 1 aliphatic heterocycles. The maximum atomic E-state index is 16.1. The number of alkyl halides is 1. The number of nitrogens with one attached hydrogen (secondary N) is 1. The SMILES string of the molecule is CC(C)(C)OC(=O)NC(CF)c1cccc(-c2cc(COc3ccccc3CC(=O)O)cc(CN3CCOCC3)c2)c1F. The largest absolute Gasteiger partial charge is 0.489 e. The lowest BCUT2D eigenvalue weighted by Gasteiger charge is -2.27. The van der Waals surface area contributed by atoms with Crippen molar-refractivity contribution in [1.29, 1.82) is 0 Å². The molecule has 0 bridgehead atoms. The Bertz CT molecular complexity index is 1420. The van der Waals surface area contributed by atoms with E-state index in [2.05, 4.69) is 10.2 Å². The second kappa shape index (κ2) is 14.4. The van der Waals surface area contributed by atoms with Crippen LogP contribution in [0.2, 0.25) is 0 Å². The summed E-state index contributed by atoms with van der Waals surface area (Å²) < 4.78 is 46.9. The highest BCUT2D eigenvalue weighted by molar-refractivity contribution is 5.71. The fraction of sp³-hybridized carbons (Fsp3) is 0.394. The Morgan fingerprint density at radius 3 is 2.47 bits per heavy atom. The molecular weight excluding hydrogens is 558 g/mol. The predicted molar refractivity (Wildman–Crippen MR) is 158 cm³/mol. The molecule has 1 unspecified atom stereocenters. The summed E-state index contributed by atoms with van der Waals surface area (Å²) in [5, 5.41) is 11.7. The first kappa shape index (κ1) is 31.9. The lowest BCUT2D eigenvalue weighted by atomic mass is 9.95. The van der Waals surface area contributed by atoms with Gasteiger partial charge in [0.15, 0.2) is 0 Å². The van der Waals surface area contributed by atoms with Crippen molar-refractivity contribution in [2.45, 2.75) is 52.0 Å². The number of aliphatic carboxylic acids is 1. The molecule has 3 aromatic rings. The second-order valence-corrected chi connectivity index (χ2v) is 11.5. The van der Waals surface area contributed by atoms with Crippen LogP contribution in [0.15, 0.2) is 60.7 Å². The van der Waals surface area contributed by atoms with Crippen molar-refractivity contribution in [2.24, 2.45) is 0 Å². The molecule has 43 heavy (non-hydrogen) atoms. The molecule has 1 heterocycles. The van der Waals surface area contributed by atoms with E-state index in [0.717, 1.165) is 24.2 Å². The van der Waals surface area contributed by atoms with Crippen LogP contribution in [0.3, 0.4) is 0 Å². The first-order valence-corrected chi connectivity index (χ1v) is 14.2. The number of carboxylic acid groups (broad SMARTS) is 1. The molecule has 1 atom stereocenters. The molecule has 230 valence electrons. The average Bonchev–Trinajstić information content (AvgIpc) is 2.95. The third-order valence-corrected chi connectivity index (χ3v) is 6.83. The maximum Gasteiger partial charge on any atom is 0.408 e. The van der Waals surface area contributed by atoms with Gasteiger partial charge in [-0.25, -0.2) is 13.6 Å². The van der Waals surface area contributed by atoms with E-state index in [0.29, 0.717) is 36.6 Å². The maximum absolute atomic E-state index is 16.1. The van der Waals surface area contributed by atoms with Crippen molar-refractivity contribution in [1.82, 2.24) is 10.2 Å². The highest BCUT2D eigenvalue weighted by Crippen LogP contribution is 2.31. The topological polar surface area (TPSA) is 97.3 Å². The molecule has 0 aromatic heterocycles. The zero-order chi connectivity index (χ0) is 31.0. The molecule has 1 saturated heterocycles. The smallest absolute Gasteiger partial charge is 0.408 e. The van der Waals surface area contributed by atoms with Crippen molar-refractivity contribution in [3.8, 4) is 16.9 Å². The number of carbonyl (C=O) groups excluding carboxylic acids is 1. The lowest BCUT2D eigenvalue weighted by molar-refractivity contribution is -0.136. The number of rotatable bonds is 11. The summed E-state index contributed by atoms with van der Waals surface area (Å²) in [6.45, 7) is 7.55. The summed E-state index contributed by atoms with van der Waals surface area (Å²) in [5.74, 6) is -1.16. The van der Waals surface area contributed by atoms with Crippen LogP contribution in [0.4, 0.5) is 13.6 Å². The van der Waals surface area contributed by atoms with Gasteiger partial charge in [-0.3, -0.25) is 9.69 Å². The number of halogens is 2. The Kier molecular flexibility index (Phi) is 10.7. The second-order valence-electron chi connectivity index (χ2n) is 11.5. The Morgan fingerprint density at radius 1 is 1.05 bits per heavy atom. The Morgan fingerprint density at radius 2 is 1.77 bits per heavy atom. The summed E-state index contributed by atoms with van der Waals surface area (Å²) in [7, 11) is 0. The van der Waals surface area contributed by atoms with Gasteiger partial charge in [-0.1, -0.05) is 42.5 Å². The number of carboxylic acids is 1. The molecule has 10 heteroatoms. The molecule has 1 aliphatic rings. The molecule has 8 nitrogen and oxygen atoms in total. The molecule has 0 radical (unpaired) electrons. The van der Waals surface area contributed by atoms with Crippen molar-refractivity contribution >= 4 is 12.1 Å². The van der Waals surface area contributed by atoms with Crippen molar-refractivity contribution in [2.75, 3.05) is 33.0 Å². The van der Waals surface area contributed by atoms with E-state index in [1.807, 2.05) is 12.1 Å². The third kappa shape index (κ3) is 9.23. The van der Waals surface area contributed by atoms with Gasteiger partial charge < -0.3 is 24.6 Å². The van der Waals surface area contributed by atoms with Gasteiger partial charge in [0.1, 0.15) is 30.4 Å². The summed E-state index contributed by atoms with van der Waals surface area (Å²) in [6.07, 6.45) is -1.01. The Labute approximate surface area is 250 Å². The van der Waals surface area contributed by atoms with Gasteiger partial charge in [-0.2, -0.15) is 0 Å². The zero-order valence-electron chi connectivity index (χ0n) is 24.7. The quantitative estimate of drug-likeness (QED) is 0.278. The van der Waals surface area contributed by atoms with Crippen molar-refractivity contribution < 1.29 is 37.7 Å². The number of hydrogen-bond donors (Lipinski definition) is 2. The van der Waals surface area contributed by atoms with Crippen LogP contribution >= 0.6 is 0 Å². The van der Waals surface area contributed by atoms with Crippen LogP contribution < -0.4 is 10.1 Å². The first-order chi connectivity index (χ1) is 20.5. The summed E-state index contributed by atoms with van der Waals surface area (Å²) in [5.41, 5.74) is 2.26. The number of ether oxygens (including phenoxy) is 3. The normalized spacial score (nSPS) is 14.6. The fourth-order valence-corrected chi connectivity index (χ4v) is 4.92. The zero-order valence-corrected chi connectivity index (χ0v) is 24.7. The highest BCUT2D eigenvalue weighted by atomic mass is 19.1. The molecule has 2 N–H and O–H groups in total. The van der Waals surface area contributed by atoms with Gasteiger partial charge in [0, 0.05) is 36.3 Å². The lowest BCUT2D eigenvalue weighted by Crippen LogP contribution is -2.36. The average molecular weight is 597 g/mol. The van der Waals surface area contributed by atoms with E-state index in [1.54, 1.807) is 63.2 Å². The van der Waals surface area contributed by atoms with E-state index >= 15 is 4.39 Å². The monoisotopic (exact) mass is 596 g/mol. The van der Waals surface area contributed by atoms with Crippen molar-refractivity contribution in [3.63, 3.8) is 0 Å². The van der Waals surface area contributed by atoms with Crippen LogP contribution in [0.1, 0.15) is 49.1 Å². The van der Waals surface area contributed by atoms with Crippen LogP contribution in [0, 0.1) is 5.82 Å². The van der Waals surface area contributed by atoms with E-state index in [-0.39, 0.29) is 24.2 Å². The minimum absolute atomic E-state index is 0.00448. The summed E-state index contributed by atoms with van der Waals surface area (Å²) >= 11 is 0. The Hall–Kier alpha value is -4.02. The first-order valence-electron chi connectivity index (χ1n) is 14.2. The molecular formula is C33H38F2N2O6. The van der Waals surface area contributed by atoms with Crippen LogP contribution in [-0.2, 0) is 33.8 Å². The van der Waals surface area contributed by atoms with E-state index in [4.69, 9.17) is 14.2 Å². The van der Waals surface area contributed by atoms with E-state index in [1.165, 1.54) is 6.07 Å². The van der Waals surface area contributed by atoms with Crippen LogP contribution in [0.25, 0.3) is 11.1 Å². The van der Waals surface area contributed by atoms with Gasteiger partial charge in [0.05, 0.1) is 25.7 Å². The molecule has 0 saturated carbocycles. The molecule has 0 aliphatic carbocycles. The van der Waals surface area contributed by atoms with Crippen molar-refractivity contribution in [3.05, 3.63) is 88.7 Å². The number of benzene rings is 3. The number of nitrogens with zero attached hydrogens (tertiary/aromatic N) is 1. The fourth-order valence-electron chi connectivity index (χ4n) is 4.92. The molecule has 4 rings (SSSR count).